The predicted octanol–water partition coefficient (Wildman–Crippen LogP) is 2.51. The highest BCUT2D eigenvalue weighted by Gasteiger charge is 1.95. The van der Waals surface area contributed by atoms with Crippen LogP contribution in [0, 0.1) is 0 Å². The Labute approximate surface area is 74.4 Å². The maximum atomic E-state index is 8.85. The van der Waals surface area contributed by atoms with Crippen molar-refractivity contribution < 1.29 is 9.90 Å². The van der Waals surface area contributed by atoms with Crippen molar-refractivity contribution in [2.75, 3.05) is 0 Å². The average Bonchev–Trinajstić information content (AvgIpc) is 2.02. The number of hydrogen-bond donors (Lipinski definition) is 1. The summed E-state index contributed by atoms with van der Waals surface area (Å²) in [6, 6.07) is 4.51. The van der Waals surface area contributed by atoms with Gasteiger partial charge in [-0.3, -0.25) is 0 Å². The highest BCUT2D eigenvalue weighted by atomic mass is 35.5. The van der Waals surface area contributed by atoms with Crippen LogP contribution >= 0.6 is 23.2 Å². The van der Waals surface area contributed by atoms with E-state index >= 15 is 0 Å². The maximum absolute atomic E-state index is 8.85. The van der Waals surface area contributed by atoms with Crippen LogP contribution in [-0.2, 0) is 4.79 Å². The molecule has 0 aliphatic rings. The summed E-state index contributed by atoms with van der Waals surface area (Å²) in [5.74, 6) is 0.0565. The SMILES string of the molecule is C=O.Oc1ccc(Cl)cc1Cl. The van der Waals surface area contributed by atoms with Gasteiger partial charge in [0, 0.05) is 5.02 Å². The molecule has 0 bridgehead atoms. The van der Waals surface area contributed by atoms with Crippen molar-refractivity contribution >= 4 is 30.0 Å². The van der Waals surface area contributed by atoms with Gasteiger partial charge in [0.05, 0.1) is 5.02 Å². The van der Waals surface area contributed by atoms with Crippen LogP contribution in [0.3, 0.4) is 0 Å². The minimum atomic E-state index is 0.0565. The van der Waals surface area contributed by atoms with Crippen molar-refractivity contribution in [3.8, 4) is 5.75 Å². The molecule has 0 aliphatic carbocycles. The quantitative estimate of drug-likeness (QED) is 0.687. The number of carbonyl (C=O) groups excluding carboxylic acids is 1. The third kappa shape index (κ3) is 3.25. The van der Waals surface area contributed by atoms with Gasteiger partial charge in [0.25, 0.3) is 0 Å². The van der Waals surface area contributed by atoms with Crippen molar-refractivity contribution in [1.82, 2.24) is 0 Å². The van der Waals surface area contributed by atoms with E-state index in [-0.39, 0.29) is 10.8 Å². The molecule has 0 aliphatic heterocycles. The molecule has 0 fully saturated rings. The zero-order valence-electron chi connectivity index (χ0n) is 5.55. The highest BCUT2D eigenvalue weighted by Crippen LogP contribution is 2.25. The first-order valence-electron chi connectivity index (χ1n) is 2.63. The Morgan fingerprint density at radius 2 is 1.82 bits per heavy atom. The van der Waals surface area contributed by atoms with Crippen LogP contribution < -0.4 is 0 Å². The lowest BCUT2D eigenvalue weighted by Crippen LogP contribution is -1.66. The summed E-state index contributed by atoms with van der Waals surface area (Å²) >= 11 is 11.0. The molecule has 11 heavy (non-hydrogen) atoms. The van der Waals surface area contributed by atoms with Crippen LogP contribution in [0.15, 0.2) is 18.2 Å². The van der Waals surface area contributed by atoms with Gasteiger partial charge in [-0.25, -0.2) is 0 Å². The molecule has 0 spiro atoms. The summed E-state index contributed by atoms with van der Waals surface area (Å²) in [7, 11) is 0. The van der Waals surface area contributed by atoms with E-state index in [2.05, 4.69) is 0 Å². The normalized spacial score (nSPS) is 8.18. The molecule has 0 radical (unpaired) electrons. The molecule has 1 N–H and O–H groups in total. The molecule has 0 atom stereocenters. The molecule has 0 amide bonds. The Morgan fingerprint density at radius 3 is 2.18 bits per heavy atom. The second-order valence-corrected chi connectivity index (χ2v) is 2.44. The van der Waals surface area contributed by atoms with Gasteiger partial charge in [0.1, 0.15) is 12.5 Å². The number of carbonyl (C=O) groups is 1. The first-order chi connectivity index (χ1) is 5.20. The Kier molecular flexibility index (Phi) is 4.66. The van der Waals surface area contributed by atoms with Crippen LogP contribution in [-0.4, -0.2) is 11.9 Å². The van der Waals surface area contributed by atoms with Crippen molar-refractivity contribution in [3.05, 3.63) is 28.2 Å². The van der Waals surface area contributed by atoms with Crippen LogP contribution in [0.25, 0.3) is 0 Å². The summed E-state index contributed by atoms with van der Waals surface area (Å²) in [6.07, 6.45) is 0. The minimum Gasteiger partial charge on any atom is -0.506 e. The van der Waals surface area contributed by atoms with Gasteiger partial charge < -0.3 is 9.90 Å². The largest absolute Gasteiger partial charge is 0.506 e. The number of aromatic hydroxyl groups is 1. The molecule has 0 saturated heterocycles. The van der Waals surface area contributed by atoms with Crippen molar-refractivity contribution in [2.24, 2.45) is 0 Å². The van der Waals surface area contributed by atoms with Crippen LogP contribution in [0.5, 0.6) is 5.75 Å². The van der Waals surface area contributed by atoms with E-state index < -0.39 is 0 Å². The van der Waals surface area contributed by atoms with E-state index in [1.807, 2.05) is 6.79 Å². The monoisotopic (exact) mass is 192 g/mol. The smallest absolute Gasteiger partial charge is 0.134 e. The van der Waals surface area contributed by atoms with Crippen LogP contribution in [0.2, 0.25) is 10.0 Å². The van der Waals surface area contributed by atoms with Gasteiger partial charge >= 0.3 is 0 Å². The molecular weight excluding hydrogens is 187 g/mol. The topological polar surface area (TPSA) is 37.3 Å². The molecule has 1 aromatic rings. The van der Waals surface area contributed by atoms with E-state index in [9.17, 15) is 0 Å². The zero-order chi connectivity index (χ0) is 8.85. The Balaban J connectivity index is 0.000000461. The first kappa shape index (κ1) is 10.3. The fourth-order valence-corrected chi connectivity index (χ4v) is 0.890. The van der Waals surface area contributed by atoms with E-state index in [0.29, 0.717) is 5.02 Å². The second kappa shape index (κ2) is 4.99. The average molecular weight is 193 g/mol. The number of hydrogen-bond acceptors (Lipinski definition) is 2. The predicted molar refractivity (Wildman–Crippen MR) is 45.2 cm³/mol. The number of halogens is 2. The van der Waals surface area contributed by atoms with E-state index in [1.165, 1.54) is 12.1 Å². The van der Waals surface area contributed by atoms with Crippen molar-refractivity contribution in [1.29, 1.82) is 0 Å². The fourth-order valence-electron chi connectivity index (χ4n) is 0.481. The Hall–Kier alpha value is -0.730. The van der Waals surface area contributed by atoms with Crippen molar-refractivity contribution in [2.45, 2.75) is 0 Å². The Morgan fingerprint density at radius 1 is 1.27 bits per heavy atom. The summed E-state index contributed by atoms with van der Waals surface area (Å²) < 4.78 is 0. The molecule has 0 unspecified atom stereocenters. The molecule has 60 valence electrons. The maximum Gasteiger partial charge on any atom is 0.134 e. The van der Waals surface area contributed by atoms with E-state index in [0.717, 1.165) is 0 Å². The Bertz CT molecular complexity index is 238. The zero-order valence-corrected chi connectivity index (χ0v) is 7.06. The second-order valence-electron chi connectivity index (χ2n) is 1.60. The van der Waals surface area contributed by atoms with Gasteiger partial charge in [-0.05, 0) is 18.2 Å². The molecule has 0 heterocycles. The molecule has 2 nitrogen and oxygen atoms in total. The lowest BCUT2D eigenvalue weighted by Gasteiger charge is -1.93. The summed E-state index contributed by atoms with van der Waals surface area (Å²) in [4.78, 5) is 8.00. The highest BCUT2D eigenvalue weighted by molar-refractivity contribution is 6.35. The van der Waals surface area contributed by atoms with E-state index in [4.69, 9.17) is 33.1 Å². The third-order valence-electron chi connectivity index (χ3n) is 0.910. The minimum absolute atomic E-state index is 0.0565. The van der Waals surface area contributed by atoms with Gasteiger partial charge in [-0.2, -0.15) is 0 Å². The molecule has 0 aromatic heterocycles. The lowest BCUT2D eigenvalue weighted by atomic mass is 10.3. The van der Waals surface area contributed by atoms with E-state index in [1.54, 1.807) is 6.07 Å². The first-order valence-corrected chi connectivity index (χ1v) is 3.38. The molecular formula is C7H6Cl2O2. The standard InChI is InChI=1S/C6H4Cl2O.CH2O/c7-4-1-2-6(9)5(8)3-4;1-2/h1-3,9H;1H2. The fraction of sp³-hybridized carbons (Fsp3) is 0. The summed E-state index contributed by atoms with van der Waals surface area (Å²) in [5.41, 5.74) is 0. The molecule has 4 heteroatoms. The van der Waals surface area contributed by atoms with Crippen molar-refractivity contribution in [3.63, 3.8) is 0 Å². The van der Waals surface area contributed by atoms with Gasteiger partial charge in [-0.1, -0.05) is 23.2 Å². The van der Waals surface area contributed by atoms with Crippen LogP contribution in [0.1, 0.15) is 0 Å². The lowest BCUT2D eigenvalue weighted by molar-refractivity contribution is -0.0979. The number of phenolic OH excluding ortho intramolecular Hbond substituents is 1. The van der Waals surface area contributed by atoms with Gasteiger partial charge in [-0.15, -0.1) is 0 Å². The van der Waals surface area contributed by atoms with Gasteiger partial charge in [0.2, 0.25) is 0 Å². The summed E-state index contributed by atoms with van der Waals surface area (Å²) in [5, 5.41) is 9.66. The number of benzene rings is 1. The molecule has 1 aromatic carbocycles. The molecule has 1 rings (SSSR count). The van der Waals surface area contributed by atoms with Crippen LogP contribution in [0.4, 0.5) is 0 Å². The van der Waals surface area contributed by atoms with Gasteiger partial charge in [0.15, 0.2) is 0 Å². The third-order valence-corrected chi connectivity index (χ3v) is 1.45. The summed E-state index contributed by atoms with van der Waals surface area (Å²) in [6.45, 7) is 2.00. The number of phenols is 1. The molecule has 0 saturated carbocycles. The number of rotatable bonds is 0.